The molecule has 3 aromatic rings. The van der Waals surface area contributed by atoms with Gasteiger partial charge < -0.3 is 4.52 Å². The fourth-order valence-electron chi connectivity index (χ4n) is 3.89. The second-order valence-corrected chi connectivity index (χ2v) is 10.9. The lowest BCUT2D eigenvalue weighted by molar-refractivity contribution is 0.0950. The number of hydrogen-bond donors (Lipinski definition) is 1. The van der Waals surface area contributed by atoms with Crippen LogP contribution in [0.4, 0.5) is 8.78 Å². The minimum Gasteiger partial charge on any atom is -0.359 e. The molecule has 1 atom stereocenters. The second kappa shape index (κ2) is 7.07. The van der Waals surface area contributed by atoms with Gasteiger partial charge in [0, 0.05) is 30.5 Å². The first-order chi connectivity index (χ1) is 15.4. The summed E-state index contributed by atoms with van der Waals surface area (Å²) in [4.78, 5) is 26.3. The topological polar surface area (TPSA) is 116 Å². The van der Waals surface area contributed by atoms with Crippen molar-refractivity contribution in [2.45, 2.75) is 62.6 Å². The van der Waals surface area contributed by atoms with Gasteiger partial charge in [0.1, 0.15) is 0 Å². The molecule has 1 N–H and O–H groups in total. The van der Waals surface area contributed by atoms with Crippen molar-refractivity contribution in [3.05, 3.63) is 56.6 Å². The van der Waals surface area contributed by atoms with Gasteiger partial charge in [-0.25, -0.2) is 26.7 Å². The Morgan fingerprint density at radius 1 is 1.21 bits per heavy atom. The van der Waals surface area contributed by atoms with E-state index >= 15 is 0 Å². The summed E-state index contributed by atoms with van der Waals surface area (Å²) >= 11 is 0. The number of fused-ring (bicyclic) bond motifs is 1. The molecular formula is C21H22F2N4O5S. The molecule has 5 rings (SSSR count). The molecule has 0 aliphatic heterocycles. The number of nitrogens with zero attached hydrogens (tertiary/aromatic N) is 3. The summed E-state index contributed by atoms with van der Waals surface area (Å²) in [5, 5.41) is 3.68. The summed E-state index contributed by atoms with van der Waals surface area (Å²) in [6, 6.07) is 5.35. The van der Waals surface area contributed by atoms with Crippen molar-refractivity contribution in [3.8, 4) is 0 Å². The standard InChI is InChI=1S/C21H22F2N4O5S/c1-12-7-14(32-24-12)11-27-18(28)16-8-15(33(30,31)25-20(2)5-6-20)3-4-17(16)26(19(27)29)10-13-9-21(13,22)23/h3-4,7-8,13,25H,5-6,9-11H2,1-2H3. The monoisotopic (exact) mass is 480 g/mol. The van der Waals surface area contributed by atoms with Crippen LogP contribution in [0.15, 0.2) is 43.3 Å². The van der Waals surface area contributed by atoms with Crippen molar-refractivity contribution < 1.29 is 21.7 Å². The van der Waals surface area contributed by atoms with E-state index in [1.54, 1.807) is 19.9 Å². The van der Waals surface area contributed by atoms with Crippen LogP contribution >= 0.6 is 0 Å². The number of rotatable bonds is 7. The zero-order valence-corrected chi connectivity index (χ0v) is 18.8. The Balaban J connectivity index is 1.66. The number of nitrogens with one attached hydrogen (secondary N) is 1. The molecule has 2 heterocycles. The first-order valence-electron chi connectivity index (χ1n) is 10.5. The number of alkyl halides is 2. The van der Waals surface area contributed by atoms with Crippen LogP contribution in [-0.4, -0.2) is 34.2 Å². The van der Waals surface area contributed by atoms with E-state index in [-0.39, 0.29) is 41.1 Å². The third kappa shape index (κ3) is 4.01. The first kappa shape index (κ1) is 22.0. The Morgan fingerprint density at radius 2 is 1.91 bits per heavy atom. The fraction of sp³-hybridized carbons (Fsp3) is 0.476. The van der Waals surface area contributed by atoms with Crippen LogP contribution < -0.4 is 16.0 Å². The molecule has 0 radical (unpaired) electrons. The summed E-state index contributed by atoms with van der Waals surface area (Å²) in [5.41, 5.74) is -1.38. The average molecular weight is 480 g/mol. The zero-order valence-electron chi connectivity index (χ0n) is 18.0. The van der Waals surface area contributed by atoms with E-state index in [1.807, 2.05) is 0 Å². The maximum absolute atomic E-state index is 13.6. The third-order valence-electron chi connectivity index (χ3n) is 6.24. The Morgan fingerprint density at radius 3 is 2.48 bits per heavy atom. The van der Waals surface area contributed by atoms with Crippen LogP contribution in [0.1, 0.15) is 37.6 Å². The van der Waals surface area contributed by atoms with Crippen LogP contribution in [0.2, 0.25) is 0 Å². The predicted molar refractivity (Wildman–Crippen MR) is 114 cm³/mol. The van der Waals surface area contributed by atoms with E-state index in [2.05, 4.69) is 9.88 Å². The lowest BCUT2D eigenvalue weighted by Crippen LogP contribution is -2.41. The fourth-order valence-corrected chi connectivity index (χ4v) is 5.38. The quantitative estimate of drug-likeness (QED) is 0.553. The van der Waals surface area contributed by atoms with Gasteiger partial charge in [0.2, 0.25) is 10.0 Å². The molecule has 0 saturated heterocycles. The molecule has 0 bridgehead atoms. The summed E-state index contributed by atoms with van der Waals surface area (Å²) < 4.78 is 62.6. The molecule has 12 heteroatoms. The molecule has 9 nitrogen and oxygen atoms in total. The highest BCUT2D eigenvalue weighted by Gasteiger charge is 2.57. The van der Waals surface area contributed by atoms with Crippen LogP contribution in [0.25, 0.3) is 10.9 Å². The summed E-state index contributed by atoms with van der Waals surface area (Å²) in [6.07, 6.45) is 1.06. The van der Waals surface area contributed by atoms with Gasteiger partial charge in [-0.1, -0.05) is 5.16 Å². The molecule has 0 spiro atoms. The van der Waals surface area contributed by atoms with Crippen LogP contribution in [0, 0.1) is 12.8 Å². The highest BCUT2D eigenvalue weighted by atomic mass is 32.2. The Labute approximate surface area is 187 Å². The van der Waals surface area contributed by atoms with Gasteiger partial charge in [0.25, 0.3) is 11.5 Å². The first-order valence-corrected chi connectivity index (χ1v) is 12.0. The van der Waals surface area contributed by atoms with Crippen molar-refractivity contribution in [2.24, 2.45) is 5.92 Å². The van der Waals surface area contributed by atoms with Gasteiger partial charge in [-0.15, -0.1) is 0 Å². The van der Waals surface area contributed by atoms with Gasteiger partial charge >= 0.3 is 5.69 Å². The SMILES string of the molecule is Cc1cc(Cn2c(=O)c3cc(S(=O)(=O)NC4(C)CC4)ccc3n(CC3CC3(F)F)c2=O)on1. The van der Waals surface area contributed by atoms with E-state index < -0.39 is 38.7 Å². The van der Waals surface area contributed by atoms with E-state index in [1.165, 1.54) is 18.2 Å². The van der Waals surface area contributed by atoms with Crippen LogP contribution in [0.5, 0.6) is 0 Å². The molecule has 1 unspecified atom stereocenters. The second-order valence-electron chi connectivity index (χ2n) is 9.23. The van der Waals surface area contributed by atoms with Crippen LogP contribution in [0.3, 0.4) is 0 Å². The molecule has 1 aromatic carbocycles. The van der Waals surface area contributed by atoms with E-state index in [0.717, 1.165) is 9.13 Å². The number of aromatic nitrogens is 3. The number of benzene rings is 1. The molecule has 0 amide bonds. The van der Waals surface area contributed by atoms with Crippen molar-refractivity contribution in [3.63, 3.8) is 0 Å². The molecule has 2 aliphatic rings. The summed E-state index contributed by atoms with van der Waals surface area (Å²) in [6.45, 7) is 2.91. The molecule has 2 fully saturated rings. The third-order valence-corrected chi connectivity index (χ3v) is 7.87. The van der Waals surface area contributed by atoms with E-state index in [9.17, 15) is 26.8 Å². The maximum Gasteiger partial charge on any atom is 0.331 e. The molecule has 2 aliphatic carbocycles. The van der Waals surface area contributed by atoms with Crippen molar-refractivity contribution >= 4 is 20.9 Å². The summed E-state index contributed by atoms with van der Waals surface area (Å²) in [7, 11) is -3.92. The Hall–Kier alpha value is -2.86. The lowest BCUT2D eigenvalue weighted by Gasteiger charge is -2.16. The Bertz CT molecular complexity index is 1500. The predicted octanol–water partition coefficient (Wildman–Crippen LogP) is 1.99. The molecule has 2 saturated carbocycles. The van der Waals surface area contributed by atoms with Crippen molar-refractivity contribution in [1.29, 1.82) is 0 Å². The minimum atomic E-state index is -3.92. The molecule has 2 aromatic heterocycles. The van der Waals surface area contributed by atoms with E-state index in [4.69, 9.17) is 4.52 Å². The highest BCUT2D eigenvalue weighted by Crippen LogP contribution is 2.49. The molecule has 176 valence electrons. The minimum absolute atomic E-state index is 0.0568. The van der Waals surface area contributed by atoms with Crippen molar-refractivity contribution in [1.82, 2.24) is 19.0 Å². The number of halogens is 2. The van der Waals surface area contributed by atoms with E-state index in [0.29, 0.717) is 18.5 Å². The number of sulfonamides is 1. The maximum atomic E-state index is 13.6. The van der Waals surface area contributed by atoms with Gasteiger partial charge in [-0.05, 0) is 44.9 Å². The number of hydrogen-bond acceptors (Lipinski definition) is 6. The van der Waals surface area contributed by atoms with Crippen molar-refractivity contribution in [2.75, 3.05) is 0 Å². The Kier molecular flexibility index (Phi) is 4.70. The lowest BCUT2D eigenvalue weighted by atomic mass is 10.2. The number of aryl methyl sites for hydroxylation is 1. The van der Waals surface area contributed by atoms with Gasteiger partial charge in [0.15, 0.2) is 5.76 Å². The van der Waals surface area contributed by atoms with Gasteiger partial charge in [-0.2, -0.15) is 0 Å². The summed E-state index contributed by atoms with van der Waals surface area (Å²) in [5.74, 6) is -3.67. The van der Waals surface area contributed by atoms with Crippen LogP contribution in [-0.2, 0) is 23.1 Å². The highest BCUT2D eigenvalue weighted by molar-refractivity contribution is 7.89. The van der Waals surface area contributed by atoms with Gasteiger partial charge in [0.05, 0.1) is 28.0 Å². The largest absolute Gasteiger partial charge is 0.359 e. The van der Waals surface area contributed by atoms with Gasteiger partial charge in [-0.3, -0.25) is 13.9 Å². The normalized spacial score (nSPS) is 20.8. The zero-order chi connectivity index (χ0) is 23.8. The molecule has 33 heavy (non-hydrogen) atoms. The smallest absolute Gasteiger partial charge is 0.331 e. The molecular weight excluding hydrogens is 458 g/mol. The average Bonchev–Trinajstić information content (AvgIpc) is 3.54.